The van der Waals surface area contributed by atoms with E-state index >= 15 is 0 Å². The maximum absolute atomic E-state index is 12.6. The number of benzene rings is 2. The number of nitrogens with zero attached hydrogens (tertiary/aromatic N) is 1. The molecule has 0 unspecified atom stereocenters. The van der Waals surface area contributed by atoms with Gasteiger partial charge in [-0.2, -0.15) is 0 Å². The molecule has 114 valence electrons. The first-order valence-electron chi connectivity index (χ1n) is 8.01. The molecule has 0 N–H and O–H groups in total. The summed E-state index contributed by atoms with van der Waals surface area (Å²) in [5.41, 5.74) is 1.87. The number of ketones is 1. The lowest BCUT2D eigenvalue weighted by molar-refractivity contribution is -0.117. The standard InChI is InChI=1S/C19H21NO2/c1-14(21)8-4-2-3-5-13-20-17-12-7-10-15-9-6-11-16(18(15)17)19(20)22/h6-7,9-12H,2-5,8,13H2,1H3. The summed E-state index contributed by atoms with van der Waals surface area (Å²) in [6.07, 6.45) is 4.72. The van der Waals surface area contributed by atoms with Crippen molar-refractivity contribution in [1.29, 1.82) is 0 Å². The van der Waals surface area contributed by atoms with Crippen LogP contribution in [0.2, 0.25) is 0 Å². The molecule has 2 aromatic carbocycles. The summed E-state index contributed by atoms with van der Waals surface area (Å²) in [5.74, 6) is 0.382. The summed E-state index contributed by atoms with van der Waals surface area (Å²) in [5, 5.41) is 2.22. The van der Waals surface area contributed by atoms with Crippen molar-refractivity contribution in [2.75, 3.05) is 11.4 Å². The van der Waals surface area contributed by atoms with Crippen LogP contribution < -0.4 is 4.90 Å². The van der Waals surface area contributed by atoms with Gasteiger partial charge in [0.25, 0.3) is 5.91 Å². The maximum Gasteiger partial charge on any atom is 0.258 e. The van der Waals surface area contributed by atoms with E-state index < -0.39 is 0 Å². The number of amides is 1. The molecule has 3 heteroatoms. The third kappa shape index (κ3) is 2.76. The number of carbonyl (C=O) groups excluding carboxylic acids is 2. The van der Waals surface area contributed by atoms with Crippen molar-refractivity contribution in [1.82, 2.24) is 0 Å². The van der Waals surface area contributed by atoms with Crippen molar-refractivity contribution in [3.63, 3.8) is 0 Å². The van der Waals surface area contributed by atoms with Gasteiger partial charge in [-0.25, -0.2) is 0 Å². The Bertz CT molecular complexity index is 715. The van der Waals surface area contributed by atoms with Crippen LogP contribution in [-0.2, 0) is 4.79 Å². The molecule has 0 fully saturated rings. The fourth-order valence-electron chi connectivity index (χ4n) is 3.20. The number of carbonyl (C=O) groups is 2. The molecule has 0 saturated heterocycles. The quantitative estimate of drug-likeness (QED) is 0.713. The highest BCUT2D eigenvalue weighted by atomic mass is 16.2. The van der Waals surface area contributed by atoms with Gasteiger partial charge in [0.2, 0.25) is 0 Å². The Morgan fingerprint density at radius 2 is 1.73 bits per heavy atom. The van der Waals surface area contributed by atoms with Gasteiger partial charge in [-0.3, -0.25) is 4.79 Å². The van der Waals surface area contributed by atoms with E-state index in [4.69, 9.17) is 0 Å². The summed E-state index contributed by atoms with van der Waals surface area (Å²) in [6.45, 7) is 2.40. The van der Waals surface area contributed by atoms with Crippen LogP contribution in [0.4, 0.5) is 5.69 Å². The van der Waals surface area contributed by atoms with Crippen LogP contribution in [0.15, 0.2) is 36.4 Å². The molecule has 0 aliphatic carbocycles. The topological polar surface area (TPSA) is 37.4 Å². The van der Waals surface area contributed by atoms with Crippen molar-refractivity contribution < 1.29 is 9.59 Å². The first-order valence-corrected chi connectivity index (χ1v) is 8.01. The fraction of sp³-hybridized carbons (Fsp3) is 0.368. The Labute approximate surface area is 130 Å². The molecule has 0 radical (unpaired) electrons. The van der Waals surface area contributed by atoms with Crippen molar-refractivity contribution in [2.45, 2.75) is 39.0 Å². The van der Waals surface area contributed by atoms with E-state index in [-0.39, 0.29) is 11.7 Å². The minimum absolute atomic E-state index is 0.121. The van der Waals surface area contributed by atoms with Gasteiger partial charge in [0.1, 0.15) is 5.78 Å². The highest BCUT2D eigenvalue weighted by Gasteiger charge is 2.28. The summed E-state index contributed by atoms with van der Waals surface area (Å²) in [7, 11) is 0. The Kier molecular flexibility index (Phi) is 4.23. The average molecular weight is 295 g/mol. The lowest BCUT2D eigenvalue weighted by atomic mass is 10.1. The number of anilines is 1. The van der Waals surface area contributed by atoms with Crippen LogP contribution in [-0.4, -0.2) is 18.2 Å². The zero-order valence-electron chi connectivity index (χ0n) is 13.0. The molecular formula is C19H21NO2. The second-order valence-corrected chi connectivity index (χ2v) is 6.00. The lowest BCUT2D eigenvalue weighted by Crippen LogP contribution is -2.27. The normalized spacial score (nSPS) is 13.1. The highest BCUT2D eigenvalue weighted by molar-refractivity contribution is 6.24. The van der Waals surface area contributed by atoms with Crippen molar-refractivity contribution in [3.8, 4) is 0 Å². The monoisotopic (exact) mass is 295 g/mol. The Morgan fingerprint density at radius 1 is 1.00 bits per heavy atom. The van der Waals surface area contributed by atoms with E-state index in [1.54, 1.807) is 6.92 Å². The average Bonchev–Trinajstić information content (AvgIpc) is 2.78. The first-order chi connectivity index (χ1) is 10.7. The molecule has 3 rings (SSSR count). The van der Waals surface area contributed by atoms with E-state index in [2.05, 4.69) is 12.1 Å². The third-order valence-electron chi connectivity index (χ3n) is 4.31. The van der Waals surface area contributed by atoms with E-state index in [1.165, 1.54) is 0 Å². The van der Waals surface area contributed by atoms with Crippen molar-refractivity contribution >= 4 is 28.2 Å². The van der Waals surface area contributed by atoms with Gasteiger partial charge < -0.3 is 9.69 Å². The molecule has 1 aliphatic rings. The van der Waals surface area contributed by atoms with Crippen LogP contribution in [0.5, 0.6) is 0 Å². The summed E-state index contributed by atoms with van der Waals surface area (Å²) in [4.78, 5) is 25.4. The largest absolute Gasteiger partial charge is 0.308 e. The zero-order valence-corrected chi connectivity index (χ0v) is 13.0. The number of rotatable bonds is 7. The number of hydrogen-bond donors (Lipinski definition) is 0. The van der Waals surface area contributed by atoms with Crippen LogP contribution in [0.1, 0.15) is 49.4 Å². The van der Waals surface area contributed by atoms with Crippen LogP contribution in [0, 0.1) is 0 Å². The van der Waals surface area contributed by atoms with E-state index in [9.17, 15) is 9.59 Å². The van der Waals surface area contributed by atoms with Crippen molar-refractivity contribution in [3.05, 3.63) is 42.0 Å². The SMILES string of the molecule is CC(=O)CCCCCCN1C(=O)c2cccc3cccc1c23. The molecular weight excluding hydrogens is 274 g/mol. The van der Waals surface area contributed by atoms with Gasteiger partial charge >= 0.3 is 0 Å². The van der Waals surface area contributed by atoms with E-state index in [0.29, 0.717) is 6.42 Å². The van der Waals surface area contributed by atoms with Crippen molar-refractivity contribution in [2.24, 2.45) is 0 Å². The van der Waals surface area contributed by atoms with Crippen LogP contribution in [0.25, 0.3) is 10.8 Å². The number of Topliss-reactive ketones (excluding diaryl/α,β-unsaturated/α-hetero) is 1. The van der Waals surface area contributed by atoms with Gasteiger partial charge in [-0.1, -0.05) is 37.1 Å². The van der Waals surface area contributed by atoms with Gasteiger partial charge in [0.15, 0.2) is 0 Å². The number of hydrogen-bond acceptors (Lipinski definition) is 2. The summed E-state index contributed by atoms with van der Waals surface area (Å²) in [6, 6.07) is 12.0. The minimum atomic E-state index is 0.121. The van der Waals surface area contributed by atoms with Crippen LogP contribution in [0.3, 0.4) is 0 Å². The molecule has 22 heavy (non-hydrogen) atoms. The molecule has 2 aromatic rings. The molecule has 0 saturated carbocycles. The molecule has 1 aliphatic heterocycles. The van der Waals surface area contributed by atoms with Gasteiger partial charge in [-0.05, 0) is 37.3 Å². The molecule has 0 aromatic heterocycles. The second kappa shape index (κ2) is 6.30. The molecule has 0 bridgehead atoms. The predicted octanol–water partition coefficient (Wildman–Crippen LogP) is 4.34. The third-order valence-corrected chi connectivity index (χ3v) is 4.31. The lowest BCUT2D eigenvalue weighted by Gasteiger charge is -2.17. The number of unbranched alkanes of at least 4 members (excludes halogenated alkanes) is 3. The predicted molar refractivity (Wildman–Crippen MR) is 89.4 cm³/mol. The molecule has 0 atom stereocenters. The molecule has 1 heterocycles. The Morgan fingerprint density at radius 3 is 2.50 bits per heavy atom. The first kappa shape index (κ1) is 14.8. The summed E-state index contributed by atoms with van der Waals surface area (Å²) < 4.78 is 0. The summed E-state index contributed by atoms with van der Waals surface area (Å²) >= 11 is 0. The zero-order chi connectivity index (χ0) is 15.5. The maximum atomic E-state index is 12.6. The highest BCUT2D eigenvalue weighted by Crippen LogP contribution is 2.37. The van der Waals surface area contributed by atoms with Gasteiger partial charge in [0.05, 0.1) is 5.69 Å². The second-order valence-electron chi connectivity index (χ2n) is 6.00. The van der Waals surface area contributed by atoms with Gasteiger partial charge in [-0.15, -0.1) is 0 Å². The van der Waals surface area contributed by atoms with E-state index in [0.717, 1.165) is 54.3 Å². The fourth-order valence-corrected chi connectivity index (χ4v) is 3.20. The molecule has 1 amide bonds. The minimum Gasteiger partial charge on any atom is -0.308 e. The van der Waals surface area contributed by atoms with Crippen LogP contribution >= 0.6 is 0 Å². The van der Waals surface area contributed by atoms with E-state index in [1.807, 2.05) is 29.2 Å². The Balaban J connectivity index is 1.63. The smallest absolute Gasteiger partial charge is 0.258 e. The Hall–Kier alpha value is -2.16. The molecule has 3 nitrogen and oxygen atoms in total. The van der Waals surface area contributed by atoms with Gasteiger partial charge in [0, 0.05) is 23.9 Å². The molecule has 0 spiro atoms.